The van der Waals surface area contributed by atoms with E-state index in [1.54, 1.807) is 68.5 Å². The quantitative estimate of drug-likeness (QED) is 0.0229. The first-order chi connectivity index (χ1) is 31.8. The summed E-state index contributed by atoms with van der Waals surface area (Å²) in [4.78, 5) is 46.7. The molecule has 0 aliphatic heterocycles. The van der Waals surface area contributed by atoms with Crippen LogP contribution >= 0.6 is 7.60 Å². The largest absolute Gasteiger partial charge is 0.508 e. The Hall–Kier alpha value is -4.60. The first kappa shape index (κ1) is 59.5. The lowest BCUT2D eigenvalue weighted by Gasteiger charge is -2.35. The SMILES string of the molecule is C.CCC(CC)O[C@@H]1C=C(C(=O)OCCCOC(=O)/C=C/c2ccc(C)c(O)c2)C[C@H](N)[C@H]1C.CCC(CC)O[C@@H]1C=C(P(=O)(O)OCCCOC(=O)/C=C/c2ccc(C)c(O)c2)C[C@H](N)[C@H]1C. The molecule has 2 aromatic rings. The highest BCUT2D eigenvalue weighted by molar-refractivity contribution is 7.57. The van der Waals surface area contributed by atoms with E-state index < -0.39 is 25.5 Å². The van der Waals surface area contributed by atoms with Crippen LogP contribution in [0.4, 0.5) is 0 Å². The Morgan fingerprint density at radius 1 is 0.691 bits per heavy atom. The zero-order valence-corrected chi connectivity index (χ0v) is 41.5. The van der Waals surface area contributed by atoms with Crippen molar-refractivity contribution in [1.82, 2.24) is 0 Å². The van der Waals surface area contributed by atoms with Crippen molar-refractivity contribution < 1.29 is 62.3 Å². The molecule has 0 radical (unpaired) electrons. The lowest BCUT2D eigenvalue weighted by Crippen LogP contribution is -2.42. The molecule has 2 aliphatic rings. The topological polar surface area (TPSA) is 236 Å². The van der Waals surface area contributed by atoms with Gasteiger partial charge >= 0.3 is 25.5 Å². The average Bonchev–Trinajstić information content (AvgIpc) is 3.30. The molecule has 0 fully saturated rings. The van der Waals surface area contributed by atoms with Gasteiger partial charge < -0.3 is 54.8 Å². The Kier molecular flexibility index (Phi) is 26.4. The summed E-state index contributed by atoms with van der Waals surface area (Å²) in [5.41, 5.74) is 15.9. The van der Waals surface area contributed by atoms with E-state index in [1.807, 2.05) is 33.8 Å². The molecular formula is C52H79N2O13P. The van der Waals surface area contributed by atoms with Gasteiger partial charge in [-0.3, -0.25) is 4.57 Å². The molecule has 380 valence electrons. The Labute approximate surface area is 404 Å². The van der Waals surface area contributed by atoms with E-state index in [9.17, 15) is 34.1 Å². The second-order valence-corrected chi connectivity index (χ2v) is 19.0. The smallest absolute Gasteiger partial charge is 0.354 e. The monoisotopic (exact) mass is 971 g/mol. The molecule has 0 saturated heterocycles. The number of phenolic OH excluding ortho intramolecular Hbond substituents is 2. The van der Waals surface area contributed by atoms with Crippen LogP contribution in [-0.2, 0) is 47.2 Å². The van der Waals surface area contributed by atoms with Gasteiger partial charge in [0.2, 0.25) is 0 Å². The van der Waals surface area contributed by atoms with Gasteiger partial charge in [0.1, 0.15) is 11.5 Å². The number of ether oxygens (including phenoxy) is 5. The van der Waals surface area contributed by atoms with Gasteiger partial charge in [0.15, 0.2) is 0 Å². The average molecular weight is 971 g/mol. The summed E-state index contributed by atoms with van der Waals surface area (Å²) >= 11 is 0. The zero-order chi connectivity index (χ0) is 49.7. The number of carbonyl (C=O) groups excluding carboxylic acids is 3. The minimum Gasteiger partial charge on any atom is -0.508 e. The molecule has 2 aliphatic carbocycles. The number of nitrogens with two attached hydrogens (primary N) is 2. The van der Waals surface area contributed by atoms with Gasteiger partial charge in [0, 0.05) is 59.8 Å². The van der Waals surface area contributed by atoms with E-state index in [-0.39, 0.29) is 112 Å². The lowest BCUT2D eigenvalue weighted by atomic mass is 9.84. The number of hydrogen-bond donors (Lipinski definition) is 5. The molecule has 0 saturated carbocycles. The molecule has 0 spiro atoms. The molecule has 15 nitrogen and oxygen atoms in total. The highest BCUT2D eigenvalue weighted by atomic mass is 31.2. The van der Waals surface area contributed by atoms with E-state index >= 15 is 0 Å². The fraction of sp³-hybridized carbons (Fsp3) is 0.558. The summed E-state index contributed by atoms with van der Waals surface area (Å²) in [7, 11) is -4.03. The predicted octanol–water partition coefficient (Wildman–Crippen LogP) is 9.37. The van der Waals surface area contributed by atoms with E-state index in [1.165, 1.54) is 12.2 Å². The number of hydrogen-bond acceptors (Lipinski definition) is 14. The van der Waals surface area contributed by atoms with Crippen molar-refractivity contribution in [3.63, 3.8) is 0 Å². The minimum absolute atomic E-state index is 0. The van der Waals surface area contributed by atoms with Crippen LogP contribution in [0.5, 0.6) is 11.5 Å². The normalized spacial score (nSPS) is 21.3. The number of aromatic hydroxyl groups is 2. The van der Waals surface area contributed by atoms with Crippen molar-refractivity contribution in [2.45, 2.75) is 151 Å². The van der Waals surface area contributed by atoms with E-state index in [0.717, 1.165) is 36.8 Å². The Bertz CT molecular complexity index is 2080. The molecule has 7 atom stereocenters. The molecule has 68 heavy (non-hydrogen) atoms. The summed E-state index contributed by atoms with van der Waals surface area (Å²) in [5, 5.41) is 19.7. The third kappa shape index (κ3) is 19.8. The van der Waals surface area contributed by atoms with Gasteiger partial charge in [-0.25, -0.2) is 14.4 Å². The van der Waals surface area contributed by atoms with Crippen molar-refractivity contribution in [1.29, 1.82) is 0 Å². The first-order valence-electron chi connectivity index (χ1n) is 23.5. The van der Waals surface area contributed by atoms with Gasteiger partial charge in [0.05, 0.1) is 50.8 Å². The first-order valence-corrected chi connectivity index (χ1v) is 25.1. The van der Waals surface area contributed by atoms with Gasteiger partial charge in [-0.2, -0.15) is 0 Å². The van der Waals surface area contributed by atoms with Crippen LogP contribution in [0.3, 0.4) is 0 Å². The molecule has 16 heteroatoms. The summed E-state index contributed by atoms with van der Waals surface area (Å²) in [5.74, 6) is -0.983. The highest BCUT2D eigenvalue weighted by Gasteiger charge is 2.37. The van der Waals surface area contributed by atoms with E-state index in [4.69, 9.17) is 39.7 Å². The summed E-state index contributed by atoms with van der Waals surface area (Å²) in [6, 6.07) is 9.75. The predicted molar refractivity (Wildman–Crippen MR) is 267 cm³/mol. The lowest BCUT2D eigenvalue weighted by molar-refractivity contribution is -0.141. The van der Waals surface area contributed by atoms with E-state index in [2.05, 4.69) is 13.8 Å². The van der Waals surface area contributed by atoms with Gasteiger partial charge in [-0.1, -0.05) is 73.2 Å². The number of aryl methyl sites for hydroxylation is 2. The molecule has 4 rings (SSSR count). The number of rotatable bonds is 23. The molecule has 0 bridgehead atoms. The van der Waals surface area contributed by atoms with Crippen LogP contribution in [0.25, 0.3) is 12.2 Å². The third-order valence-corrected chi connectivity index (χ3v) is 13.6. The molecular weight excluding hydrogens is 892 g/mol. The van der Waals surface area contributed by atoms with Gasteiger partial charge in [-0.15, -0.1) is 0 Å². The molecule has 2 aromatic carbocycles. The van der Waals surface area contributed by atoms with Crippen LogP contribution in [0.1, 0.15) is 123 Å². The molecule has 0 aromatic heterocycles. The molecule has 0 amide bonds. The van der Waals surface area contributed by atoms with Crippen LogP contribution in [0.15, 0.2) is 71.6 Å². The van der Waals surface area contributed by atoms with Crippen LogP contribution in [-0.4, -0.2) is 95.9 Å². The second-order valence-electron chi connectivity index (χ2n) is 17.2. The zero-order valence-electron chi connectivity index (χ0n) is 40.6. The number of carbonyl (C=O) groups is 3. The Morgan fingerprint density at radius 2 is 1.12 bits per heavy atom. The number of phenols is 2. The third-order valence-electron chi connectivity index (χ3n) is 12.0. The fourth-order valence-electron chi connectivity index (χ4n) is 7.15. The van der Waals surface area contributed by atoms with Crippen molar-refractivity contribution >= 4 is 37.7 Å². The Morgan fingerprint density at radius 3 is 1.57 bits per heavy atom. The van der Waals surface area contributed by atoms with Crippen molar-refractivity contribution in [3.05, 3.63) is 93.8 Å². The maximum absolute atomic E-state index is 12.8. The minimum atomic E-state index is -4.03. The van der Waals surface area contributed by atoms with Crippen LogP contribution in [0, 0.1) is 25.7 Å². The maximum atomic E-state index is 12.8. The van der Waals surface area contributed by atoms with Crippen molar-refractivity contribution in [2.75, 3.05) is 26.4 Å². The fourth-order valence-corrected chi connectivity index (χ4v) is 8.47. The van der Waals surface area contributed by atoms with Crippen LogP contribution in [0.2, 0.25) is 0 Å². The molecule has 1 unspecified atom stereocenters. The van der Waals surface area contributed by atoms with Crippen LogP contribution < -0.4 is 11.5 Å². The maximum Gasteiger partial charge on any atom is 0.354 e. The van der Waals surface area contributed by atoms with Crippen molar-refractivity contribution in [2.24, 2.45) is 23.3 Å². The molecule has 7 N–H and O–H groups in total. The summed E-state index contributed by atoms with van der Waals surface area (Å²) in [6.07, 6.45) is 13.8. The van der Waals surface area contributed by atoms with Gasteiger partial charge in [-0.05, 0) is 111 Å². The number of benzene rings is 2. The van der Waals surface area contributed by atoms with Gasteiger partial charge in [0.25, 0.3) is 0 Å². The highest BCUT2D eigenvalue weighted by Crippen LogP contribution is 2.55. The second kappa shape index (κ2) is 30.1. The number of esters is 3. The van der Waals surface area contributed by atoms with Crippen molar-refractivity contribution in [3.8, 4) is 11.5 Å². The summed E-state index contributed by atoms with van der Waals surface area (Å²) in [6.45, 7) is 16.1. The summed E-state index contributed by atoms with van der Waals surface area (Å²) < 4.78 is 45.9. The Balaban J connectivity index is 0.000000460. The molecule has 0 heterocycles. The van der Waals surface area contributed by atoms with E-state index in [0.29, 0.717) is 29.5 Å². The standard InChI is InChI=1S/C26H37NO6.C25H38NO7P.CH4/c1-5-21(6-2)33-24-16-20(15-22(27)18(24)4)26(30)32-13-7-12-31-25(29)11-10-19-9-8-17(3)23(28)14-19;1-5-20(6-2)33-24-16-21(15-22(26)18(24)4)34(29,30)32-13-7-12-31-25(28)11-10-19-9-8-17(3)23(27)14-19;/h8-11,14,16,18,21-22,24,28H,5-7,12-13,15,27H2,1-4H3;8-11,14,16,18,20,22,24,27H,5-7,12-13,15,26H2,1-4H3,(H,29,30);1H4/b2*11-10+;/t2*18-,22+,24-;/m11./s1.